The minimum atomic E-state index is -4.38. The zero-order valence-corrected chi connectivity index (χ0v) is 7.89. The van der Waals surface area contributed by atoms with Crippen LogP contribution in [0.1, 0.15) is 15.2 Å². The van der Waals surface area contributed by atoms with E-state index in [0.29, 0.717) is 0 Å². The van der Waals surface area contributed by atoms with Crippen LogP contribution in [0.5, 0.6) is 0 Å². The van der Waals surface area contributed by atoms with Gasteiger partial charge in [0.05, 0.1) is 4.88 Å². The average molecular weight is 208 g/mol. The smallest absolute Gasteiger partial charge is 0.297 e. The van der Waals surface area contributed by atoms with Crippen LogP contribution < -0.4 is 0 Å². The summed E-state index contributed by atoms with van der Waals surface area (Å²) in [4.78, 5) is 1.11. The molecule has 0 fully saturated rings. The summed E-state index contributed by atoms with van der Waals surface area (Å²) in [5.41, 5.74) is -1.81. The highest BCUT2D eigenvalue weighted by Gasteiger charge is 2.22. The molecule has 0 aliphatic rings. The normalized spacial score (nSPS) is 14.6. The Labute approximate surface area is 74.2 Å². The number of hydrogen-bond donors (Lipinski definition) is 2. The maximum absolute atomic E-state index is 10.5. The second-order valence-corrected chi connectivity index (χ2v) is 5.11. The first-order valence-electron chi connectivity index (χ1n) is 3.12. The highest BCUT2D eigenvalue weighted by molar-refractivity contribution is 7.86. The van der Waals surface area contributed by atoms with Crippen molar-refractivity contribution < 1.29 is 18.1 Å². The fraction of sp³-hybridized carbons (Fsp3) is 0.333. The van der Waals surface area contributed by atoms with Gasteiger partial charge in [0.15, 0.2) is 0 Å². The van der Waals surface area contributed by atoms with E-state index >= 15 is 0 Å². The van der Waals surface area contributed by atoms with E-state index in [4.69, 9.17) is 9.66 Å². The number of aliphatic hydroxyl groups is 1. The monoisotopic (exact) mass is 208 g/mol. The average Bonchev–Trinajstić information content (AvgIpc) is 2.32. The molecule has 1 aromatic rings. The van der Waals surface area contributed by atoms with E-state index in [9.17, 15) is 8.42 Å². The predicted octanol–water partition coefficient (Wildman–Crippen LogP) is 0.935. The van der Waals surface area contributed by atoms with Crippen molar-refractivity contribution in [1.82, 2.24) is 0 Å². The molecule has 0 aromatic carbocycles. The molecule has 0 amide bonds. The third kappa shape index (κ3) is 2.04. The van der Waals surface area contributed by atoms with Gasteiger partial charge in [-0.3, -0.25) is 4.55 Å². The molecule has 1 rings (SSSR count). The standard InChI is InChI=1S/C6H8O4S2/c1-4-2-3-5(11-4)6(7)12(8,9)10/h2-3,6-7H,1H3,(H,8,9,10). The summed E-state index contributed by atoms with van der Waals surface area (Å²) in [5.74, 6) is 0. The van der Waals surface area contributed by atoms with Crippen LogP contribution in [0.25, 0.3) is 0 Å². The second-order valence-electron chi connectivity index (χ2n) is 2.32. The molecule has 0 spiro atoms. The van der Waals surface area contributed by atoms with Crippen LogP contribution in [-0.2, 0) is 10.1 Å². The Bertz CT molecular complexity index is 365. The highest BCUT2D eigenvalue weighted by atomic mass is 32.2. The lowest BCUT2D eigenvalue weighted by atomic mass is 10.4. The fourth-order valence-electron chi connectivity index (χ4n) is 0.733. The molecule has 0 radical (unpaired) electrons. The van der Waals surface area contributed by atoms with E-state index in [1.54, 1.807) is 13.0 Å². The summed E-state index contributed by atoms with van der Waals surface area (Å²) in [6, 6.07) is 3.15. The van der Waals surface area contributed by atoms with E-state index in [1.807, 2.05) is 0 Å². The van der Waals surface area contributed by atoms with Gasteiger partial charge in [0.1, 0.15) is 0 Å². The van der Waals surface area contributed by atoms with Gasteiger partial charge in [-0.05, 0) is 19.1 Å². The van der Waals surface area contributed by atoms with Crippen molar-refractivity contribution in [3.63, 3.8) is 0 Å². The van der Waals surface area contributed by atoms with Crippen LogP contribution in [0, 0.1) is 6.92 Å². The lowest BCUT2D eigenvalue weighted by Crippen LogP contribution is -2.09. The predicted molar refractivity (Wildman–Crippen MR) is 45.6 cm³/mol. The zero-order valence-electron chi connectivity index (χ0n) is 6.26. The molecule has 1 unspecified atom stereocenters. The molecule has 0 aliphatic heterocycles. The summed E-state index contributed by atoms with van der Waals surface area (Å²) in [6.45, 7) is 1.78. The number of hydrogen-bond acceptors (Lipinski definition) is 4. The fourth-order valence-corrected chi connectivity index (χ4v) is 2.36. The molecule has 1 aromatic heterocycles. The first kappa shape index (κ1) is 9.66. The molecule has 12 heavy (non-hydrogen) atoms. The van der Waals surface area contributed by atoms with Gasteiger partial charge in [0.25, 0.3) is 10.1 Å². The van der Waals surface area contributed by atoms with Crippen molar-refractivity contribution in [2.24, 2.45) is 0 Å². The topological polar surface area (TPSA) is 74.6 Å². The van der Waals surface area contributed by atoms with Crippen molar-refractivity contribution in [1.29, 1.82) is 0 Å². The molecular formula is C6H8O4S2. The molecule has 68 valence electrons. The molecule has 0 saturated heterocycles. The number of aliphatic hydroxyl groups excluding tert-OH is 1. The Morgan fingerprint density at radius 1 is 1.50 bits per heavy atom. The minimum Gasteiger partial charge on any atom is -0.371 e. The summed E-state index contributed by atoms with van der Waals surface area (Å²) >= 11 is 1.13. The van der Waals surface area contributed by atoms with Gasteiger partial charge in [-0.2, -0.15) is 8.42 Å². The van der Waals surface area contributed by atoms with Gasteiger partial charge in [-0.15, -0.1) is 11.3 Å². The molecule has 0 saturated carbocycles. The van der Waals surface area contributed by atoms with Crippen molar-refractivity contribution in [3.05, 3.63) is 21.9 Å². The molecule has 6 heteroatoms. The Kier molecular flexibility index (Phi) is 2.52. The Morgan fingerprint density at radius 3 is 2.42 bits per heavy atom. The summed E-state index contributed by atoms with van der Waals surface area (Å²) in [7, 11) is -4.38. The van der Waals surface area contributed by atoms with Crippen LogP contribution >= 0.6 is 11.3 Å². The van der Waals surface area contributed by atoms with E-state index in [0.717, 1.165) is 16.2 Å². The zero-order chi connectivity index (χ0) is 9.35. The first-order chi connectivity index (χ1) is 5.41. The highest BCUT2D eigenvalue weighted by Crippen LogP contribution is 2.25. The SMILES string of the molecule is Cc1ccc(C(O)S(=O)(=O)O)s1. The van der Waals surface area contributed by atoms with Crippen LogP contribution in [-0.4, -0.2) is 18.1 Å². The Hall–Kier alpha value is -0.430. The molecule has 0 aliphatic carbocycles. The van der Waals surface area contributed by atoms with Gasteiger partial charge < -0.3 is 5.11 Å². The summed E-state index contributed by atoms with van der Waals surface area (Å²) < 4.78 is 29.4. The Balaban J connectivity index is 3.01. The van der Waals surface area contributed by atoms with Crippen LogP contribution in [0.4, 0.5) is 0 Å². The van der Waals surface area contributed by atoms with Gasteiger partial charge in [0, 0.05) is 4.88 Å². The minimum absolute atomic E-state index is 0.231. The summed E-state index contributed by atoms with van der Waals surface area (Å²) in [6.07, 6.45) is 0. The maximum Gasteiger partial charge on any atom is 0.297 e. The summed E-state index contributed by atoms with van der Waals surface area (Å²) in [5, 5.41) is 9.04. The maximum atomic E-state index is 10.5. The van der Waals surface area contributed by atoms with Crippen molar-refractivity contribution in [3.8, 4) is 0 Å². The molecule has 2 N–H and O–H groups in total. The molecule has 4 nitrogen and oxygen atoms in total. The lowest BCUT2D eigenvalue weighted by Gasteiger charge is -2.02. The molecule has 1 atom stereocenters. The van der Waals surface area contributed by atoms with E-state index < -0.39 is 15.6 Å². The van der Waals surface area contributed by atoms with E-state index in [-0.39, 0.29) is 4.88 Å². The third-order valence-electron chi connectivity index (χ3n) is 1.29. The quantitative estimate of drug-likeness (QED) is 0.709. The number of aryl methyl sites for hydroxylation is 1. The third-order valence-corrected chi connectivity index (χ3v) is 3.31. The van der Waals surface area contributed by atoms with Gasteiger partial charge in [-0.25, -0.2) is 0 Å². The molecule has 1 heterocycles. The number of rotatable bonds is 2. The van der Waals surface area contributed by atoms with E-state index in [1.165, 1.54) is 6.07 Å². The van der Waals surface area contributed by atoms with Crippen LogP contribution in [0.15, 0.2) is 12.1 Å². The van der Waals surface area contributed by atoms with Crippen molar-refractivity contribution >= 4 is 21.5 Å². The molecular weight excluding hydrogens is 200 g/mol. The Morgan fingerprint density at radius 2 is 2.08 bits per heavy atom. The van der Waals surface area contributed by atoms with Gasteiger partial charge in [-0.1, -0.05) is 0 Å². The van der Waals surface area contributed by atoms with Gasteiger partial charge in [0.2, 0.25) is 5.44 Å². The molecule has 0 bridgehead atoms. The van der Waals surface area contributed by atoms with E-state index in [2.05, 4.69) is 0 Å². The van der Waals surface area contributed by atoms with Crippen LogP contribution in [0.3, 0.4) is 0 Å². The largest absolute Gasteiger partial charge is 0.371 e. The van der Waals surface area contributed by atoms with Crippen LogP contribution in [0.2, 0.25) is 0 Å². The van der Waals surface area contributed by atoms with Gasteiger partial charge >= 0.3 is 0 Å². The van der Waals surface area contributed by atoms with Crippen molar-refractivity contribution in [2.45, 2.75) is 12.4 Å². The lowest BCUT2D eigenvalue weighted by molar-refractivity contribution is 0.242. The second kappa shape index (κ2) is 3.14. The van der Waals surface area contributed by atoms with Crippen molar-refractivity contribution in [2.75, 3.05) is 0 Å². The number of thiophene rings is 1. The first-order valence-corrected chi connectivity index (χ1v) is 5.44.